The Hall–Kier alpha value is -2.79. The number of fused-ring (bicyclic) bond motifs is 1. The Morgan fingerprint density at radius 1 is 1.05 bits per heavy atom. The molecule has 0 aliphatic heterocycles. The standard InChI is InChI=1S/C19H15NO/c1-2-8-19(21)17-14-20(13-15-9-4-3-5-10-15)18-12-7-6-11-16(17)18/h3-7,9-12,14H,13H2,1H3. The van der Waals surface area contributed by atoms with Crippen LogP contribution in [0.4, 0.5) is 0 Å². The monoisotopic (exact) mass is 273 g/mol. The zero-order valence-corrected chi connectivity index (χ0v) is 11.8. The van der Waals surface area contributed by atoms with Crippen molar-refractivity contribution in [1.29, 1.82) is 0 Å². The number of Topliss-reactive ketones (excluding diaryl/α,β-unsaturated/α-hetero) is 1. The van der Waals surface area contributed by atoms with Crippen molar-refractivity contribution in [3.63, 3.8) is 0 Å². The largest absolute Gasteiger partial charge is 0.342 e. The topological polar surface area (TPSA) is 22.0 Å². The number of para-hydroxylation sites is 1. The summed E-state index contributed by atoms with van der Waals surface area (Å²) in [5, 5.41) is 0.959. The molecule has 3 rings (SSSR count). The highest BCUT2D eigenvalue weighted by Gasteiger charge is 2.13. The third kappa shape index (κ3) is 2.59. The smallest absolute Gasteiger partial charge is 0.238 e. The number of carbonyl (C=O) groups is 1. The van der Waals surface area contributed by atoms with E-state index in [4.69, 9.17) is 0 Å². The molecule has 0 atom stereocenters. The normalized spacial score (nSPS) is 10.1. The van der Waals surface area contributed by atoms with Gasteiger partial charge in [-0.2, -0.15) is 0 Å². The van der Waals surface area contributed by atoms with Crippen LogP contribution in [-0.4, -0.2) is 10.4 Å². The second-order valence-electron chi connectivity index (χ2n) is 4.88. The van der Waals surface area contributed by atoms with Crippen molar-refractivity contribution >= 4 is 16.7 Å². The Kier molecular flexibility index (Phi) is 3.57. The predicted molar refractivity (Wildman–Crippen MR) is 85.3 cm³/mol. The van der Waals surface area contributed by atoms with Gasteiger partial charge in [-0.05, 0) is 24.5 Å². The lowest BCUT2D eigenvalue weighted by Gasteiger charge is -2.05. The third-order valence-electron chi connectivity index (χ3n) is 3.47. The number of hydrogen-bond donors (Lipinski definition) is 0. The Morgan fingerprint density at radius 3 is 2.52 bits per heavy atom. The van der Waals surface area contributed by atoms with Crippen LogP contribution in [0.3, 0.4) is 0 Å². The van der Waals surface area contributed by atoms with E-state index in [2.05, 4.69) is 28.5 Å². The van der Waals surface area contributed by atoms with Gasteiger partial charge < -0.3 is 4.57 Å². The third-order valence-corrected chi connectivity index (χ3v) is 3.47. The maximum atomic E-state index is 12.1. The average Bonchev–Trinajstić information content (AvgIpc) is 2.88. The fraction of sp³-hybridized carbons (Fsp3) is 0.105. The molecule has 1 aromatic heterocycles. The first-order valence-corrected chi connectivity index (χ1v) is 6.88. The van der Waals surface area contributed by atoms with E-state index >= 15 is 0 Å². The van der Waals surface area contributed by atoms with Crippen molar-refractivity contribution < 1.29 is 4.79 Å². The molecule has 0 spiro atoms. The summed E-state index contributed by atoms with van der Waals surface area (Å²) >= 11 is 0. The molecule has 3 aromatic rings. The van der Waals surface area contributed by atoms with Crippen LogP contribution in [-0.2, 0) is 6.54 Å². The van der Waals surface area contributed by atoms with Crippen LogP contribution < -0.4 is 0 Å². The lowest BCUT2D eigenvalue weighted by Crippen LogP contribution is -1.98. The summed E-state index contributed by atoms with van der Waals surface area (Å²) in [5.41, 5.74) is 2.94. The van der Waals surface area contributed by atoms with Crippen molar-refractivity contribution in [1.82, 2.24) is 4.57 Å². The van der Waals surface area contributed by atoms with E-state index < -0.39 is 0 Å². The Morgan fingerprint density at radius 2 is 1.76 bits per heavy atom. The molecule has 0 radical (unpaired) electrons. The van der Waals surface area contributed by atoms with Crippen molar-refractivity contribution in [2.24, 2.45) is 0 Å². The summed E-state index contributed by atoms with van der Waals surface area (Å²) in [6, 6.07) is 18.2. The molecular formula is C19H15NO. The van der Waals surface area contributed by atoms with Crippen molar-refractivity contribution in [3.05, 3.63) is 71.9 Å². The first-order valence-electron chi connectivity index (χ1n) is 6.88. The SMILES string of the molecule is CC#CC(=O)c1cn(Cc2ccccc2)c2ccccc12. The van der Waals surface area contributed by atoms with Gasteiger partial charge in [-0.15, -0.1) is 0 Å². The molecular weight excluding hydrogens is 258 g/mol. The van der Waals surface area contributed by atoms with Gasteiger partial charge >= 0.3 is 0 Å². The molecule has 2 aromatic carbocycles. The lowest BCUT2D eigenvalue weighted by atomic mass is 10.1. The number of rotatable bonds is 3. The molecule has 102 valence electrons. The van der Waals surface area contributed by atoms with Gasteiger partial charge in [0.1, 0.15) is 0 Å². The fourth-order valence-corrected chi connectivity index (χ4v) is 2.52. The summed E-state index contributed by atoms with van der Waals surface area (Å²) in [5.74, 6) is 5.19. The molecule has 0 amide bonds. The molecule has 0 saturated heterocycles. The van der Waals surface area contributed by atoms with E-state index in [1.807, 2.05) is 48.7 Å². The maximum Gasteiger partial charge on any atom is 0.238 e. The quantitative estimate of drug-likeness (QED) is 0.403. The maximum absolute atomic E-state index is 12.1. The molecule has 0 aliphatic rings. The number of aromatic nitrogens is 1. The predicted octanol–water partition coefficient (Wildman–Crippen LogP) is 3.90. The first-order chi connectivity index (χ1) is 10.3. The van der Waals surface area contributed by atoms with Crippen LogP contribution in [0, 0.1) is 11.8 Å². The number of benzene rings is 2. The highest BCUT2D eigenvalue weighted by molar-refractivity contribution is 6.16. The molecule has 0 saturated carbocycles. The minimum atomic E-state index is -0.125. The van der Waals surface area contributed by atoms with Crippen LogP contribution >= 0.6 is 0 Å². The highest BCUT2D eigenvalue weighted by atomic mass is 16.1. The molecule has 21 heavy (non-hydrogen) atoms. The van der Waals surface area contributed by atoms with E-state index in [0.29, 0.717) is 5.56 Å². The van der Waals surface area contributed by atoms with Crippen LogP contribution in [0.2, 0.25) is 0 Å². The van der Waals surface area contributed by atoms with Crippen molar-refractivity contribution in [2.75, 3.05) is 0 Å². The fourth-order valence-electron chi connectivity index (χ4n) is 2.52. The molecule has 0 fully saturated rings. The lowest BCUT2D eigenvalue weighted by molar-refractivity contribution is 0.105. The molecule has 2 heteroatoms. The average molecular weight is 273 g/mol. The summed E-state index contributed by atoms with van der Waals surface area (Å²) < 4.78 is 2.11. The molecule has 0 N–H and O–H groups in total. The van der Waals surface area contributed by atoms with Gasteiger partial charge in [-0.25, -0.2) is 0 Å². The van der Waals surface area contributed by atoms with Gasteiger partial charge in [-0.1, -0.05) is 54.5 Å². The summed E-state index contributed by atoms with van der Waals surface area (Å²) in [7, 11) is 0. The van der Waals surface area contributed by atoms with Crippen molar-refractivity contribution in [3.8, 4) is 11.8 Å². The number of ketones is 1. The minimum Gasteiger partial charge on any atom is -0.342 e. The Labute approximate surface area is 124 Å². The zero-order chi connectivity index (χ0) is 14.7. The van der Waals surface area contributed by atoms with Gasteiger partial charge in [0, 0.05) is 23.6 Å². The Balaban J connectivity index is 2.10. The van der Waals surface area contributed by atoms with E-state index in [1.54, 1.807) is 6.92 Å². The first kappa shape index (κ1) is 13.2. The van der Waals surface area contributed by atoms with Gasteiger partial charge in [0.2, 0.25) is 5.78 Å². The molecule has 2 nitrogen and oxygen atoms in total. The van der Waals surface area contributed by atoms with Gasteiger partial charge in [-0.3, -0.25) is 4.79 Å². The second kappa shape index (κ2) is 5.68. The summed E-state index contributed by atoms with van der Waals surface area (Å²) in [4.78, 5) is 12.1. The van der Waals surface area contributed by atoms with E-state index in [0.717, 1.165) is 17.4 Å². The molecule has 0 unspecified atom stereocenters. The number of hydrogen-bond acceptors (Lipinski definition) is 1. The molecule has 0 aliphatic carbocycles. The van der Waals surface area contributed by atoms with E-state index in [9.17, 15) is 4.79 Å². The number of carbonyl (C=O) groups excluding carboxylic acids is 1. The second-order valence-corrected chi connectivity index (χ2v) is 4.88. The molecule has 0 bridgehead atoms. The van der Waals surface area contributed by atoms with Crippen LogP contribution in [0.5, 0.6) is 0 Å². The van der Waals surface area contributed by atoms with Gasteiger partial charge in [0.25, 0.3) is 0 Å². The zero-order valence-electron chi connectivity index (χ0n) is 11.8. The molecule has 1 heterocycles. The van der Waals surface area contributed by atoms with E-state index in [1.165, 1.54) is 5.56 Å². The van der Waals surface area contributed by atoms with Crippen LogP contribution in [0.1, 0.15) is 22.8 Å². The van der Waals surface area contributed by atoms with E-state index in [-0.39, 0.29) is 5.78 Å². The van der Waals surface area contributed by atoms with Crippen LogP contribution in [0.25, 0.3) is 10.9 Å². The summed E-state index contributed by atoms with van der Waals surface area (Å²) in [6.07, 6.45) is 1.91. The summed E-state index contributed by atoms with van der Waals surface area (Å²) in [6.45, 7) is 2.43. The van der Waals surface area contributed by atoms with Crippen LogP contribution in [0.15, 0.2) is 60.8 Å². The minimum absolute atomic E-state index is 0.125. The van der Waals surface area contributed by atoms with Gasteiger partial charge in [0.15, 0.2) is 0 Å². The Bertz CT molecular complexity index is 847. The number of nitrogens with zero attached hydrogens (tertiary/aromatic N) is 1. The highest BCUT2D eigenvalue weighted by Crippen LogP contribution is 2.22. The van der Waals surface area contributed by atoms with Gasteiger partial charge in [0.05, 0.1) is 5.56 Å². The van der Waals surface area contributed by atoms with Crippen molar-refractivity contribution in [2.45, 2.75) is 13.5 Å².